The lowest BCUT2D eigenvalue weighted by atomic mass is 9.84. The number of ether oxygens (including phenoxy) is 1. The van der Waals surface area contributed by atoms with Gasteiger partial charge < -0.3 is 9.84 Å². The van der Waals surface area contributed by atoms with E-state index in [1.54, 1.807) is 0 Å². The van der Waals surface area contributed by atoms with Crippen molar-refractivity contribution in [3.63, 3.8) is 0 Å². The third-order valence-corrected chi connectivity index (χ3v) is 4.49. The molecule has 0 aromatic rings. The number of carboxylic acids is 1. The van der Waals surface area contributed by atoms with Crippen LogP contribution in [0.2, 0.25) is 0 Å². The van der Waals surface area contributed by atoms with Crippen LogP contribution in [0.5, 0.6) is 0 Å². The van der Waals surface area contributed by atoms with Gasteiger partial charge in [-0.3, -0.25) is 9.69 Å². The molecule has 0 aromatic heterocycles. The summed E-state index contributed by atoms with van der Waals surface area (Å²) in [6.07, 6.45) is 3.93. The van der Waals surface area contributed by atoms with E-state index in [1.165, 1.54) is 0 Å². The molecule has 4 heteroatoms. The molecule has 17 heavy (non-hydrogen) atoms. The van der Waals surface area contributed by atoms with Crippen molar-refractivity contribution in [2.45, 2.75) is 51.7 Å². The Morgan fingerprint density at radius 3 is 2.88 bits per heavy atom. The van der Waals surface area contributed by atoms with Gasteiger partial charge in [0.25, 0.3) is 0 Å². The van der Waals surface area contributed by atoms with Crippen LogP contribution in [0.4, 0.5) is 0 Å². The number of rotatable bonds is 3. The average Bonchev–Trinajstić information content (AvgIpc) is 2.74. The van der Waals surface area contributed by atoms with Gasteiger partial charge in [0.05, 0.1) is 11.5 Å². The molecule has 4 nitrogen and oxygen atoms in total. The molecule has 0 saturated carbocycles. The highest BCUT2D eigenvalue weighted by Crippen LogP contribution is 2.36. The zero-order chi connectivity index (χ0) is 12.5. The van der Waals surface area contributed by atoms with Gasteiger partial charge in [0.2, 0.25) is 0 Å². The van der Waals surface area contributed by atoms with Crippen molar-refractivity contribution in [1.82, 2.24) is 4.90 Å². The second-order valence-electron chi connectivity index (χ2n) is 5.52. The number of carbonyl (C=O) groups is 1. The lowest BCUT2D eigenvalue weighted by Crippen LogP contribution is -2.42. The number of hydrogen-bond donors (Lipinski definition) is 1. The molecule has 98 valence electrons. The third-order valence-electron chi connectivity index (χ3n) is 4.49. The van der Waals surface area contributed by atoms with E-state index >= 15 is 0 Å². The smallest absolute Gasteiger partial charge is 0.310 e. The molecular formula is C13H23NO3. The number of nitrogens with zero attached hydrogens (tertiary/aromatic N) is 1. The van der Waals surface area contributed by atoms with Crippen LogP contribution >= 0.6 is 0 Å². The summed E-state index contributed by atoms with van der Waals surface area (Å²) in [7, 11) is 0. The first-order valence-electron chi connectivity index (χ1n) is 6.66. The van der Waals surface area contributed by atoms with E-state index in [2.05, 4.69) is 11.8 Å². The number of hydrogen-bond acceptors (Lipinski definition) is 3. The van der Waals surface area contributed by atoms with Crippen molar-refractivity contribution in [1.29, 1.82) is 0 Å². The minimum Gasteiger partial charge on any atom is -0.481 e. The molecule has 3 atom stereocenters. The Bertz CT molecular complexity index is 294. The van der Waals surface area contributed by atoms with Crippen molar-refractivity contribution in [2.75, 3.05) is 19.7 Å². The van der Waals surface area contributed by atoms with Crippen molar-refractivity contribution in [2.24, 2.45) is 5.41 Å². The fraction of sp³-hybridized carbons (Fsp3) is 0.923. The molecule has 0 spiro atoms. The highest BCUT2D eigenvalue weighted by atomic mass is 16.5. The van der Waals surface area contributed by atoms with E-state index in [4.69, 9.17) is 4.74 Å². The minimum atomic E-state index is -0.623. The van der Waals surface area contributed by atoms with Gasteiger partial charge in [0.1, 0.15) is 0 Å². The fourth-order valence-electron chi connectivity index (χ4n) is 3.14. The molecule has 2 saturated heterocycles. The van der Waals surface area contributed by atoms with Crippen LogP contribution in [0.1, 0.15) is 39.5 Å². The summed E-state index contributed by atoms with van der Waals surface area (Å²) >= 11 is 0. The van der Waals surface area contributed by atoms with Crippen molar-refractivity contribution in [3.8, 4) is 0 Å². The predicted octanol–water partition coefficient (Wildman–Crippen LogP) is 1.74. The average molecular weight is 241 g/mol. The Hall–Kier alpha value is -0.610. The summed E-state index contributed by atoms with van der Waals surface area (Å²) in [5.41, 5.74) is -0.498. The molecule has 0 aromatic carbocycles. The van der Waals surface area contributed by atoms with Gasteiger partial charge in [-0.2, -0.15) is 0 Å². The monoisotopic (exact) mass is 241 g/mol. The maximum atomic E-state index is 11.4. The minimum absolute atomic E-state index is 0.315. The molecule has 3 unspecified atom stereocenters. The van der Waals surface area contributed by atoms with Gasteiger partial charge >= 0.3 is 5.97 Å². The molecule has 2 rings (SSSR count). The van der Waals surface area contributed by atoms with E-state index in [-0.39, 0.29) is 0 Å². The Labute approximate surface area is 103 Å². The summed E-state index contributed by atoms with van der Waals surface area (Å²) in [5.74, 6) is -0.623. The summed E-state index contributed by atoms with van der Waals surface area (Å²) in [6, 6.07) is 0.520. The predicted molar refractivity (Wildman–Crippen MR) is 65.0 cm³/mol. The van der Waals surface area contributed by atoms with Crippen LogP contribution in [0.15, 0.2) is 0 Å². The zero-order valence-corrected chi connectivity index (χ0v) is 10.8. The van der Waals surface area contributed by atoms with E-state index in [1.807, 2.05) is 6.92 Å². The van der Waals surface area contributed by atoms with Crippen LogP contribution < -0.4 is 0 Å². The molecular weight excluding hydrogens is 218 g/mol. The van der Waals surface area contributed by atoms with Crippen molar-refractivity contribution >= 4 is 5.97 Å². The number of carboxylic acid groups (broad SMARTS) is 1. The van der Waals surface area contributed by atoms with Gasteiger partial charge in [-0.1, -0.05) is 6.92 Å². The summed E-state index contributed by atoms with van der Waals surface area (Å²) in [4.78, 5) is 13.8. The highest BCUT2D eigenvalue weighted by molar-refractivity contribution is 5.75. The van der Waals surface area contributed by atoms with E-state index in [0.717, 1.165) is 45.4 Å². The standard InChI is InChI=1S/C13H23NO3/c1-3-13(12(15)16)5-6-14(9-13)11-4-7-17-10(2)8-11/h10-11H,3-9H2,1-2H3,(H,15,16). The highest BCUT2D eigenvalue weighted by Gasteiger charge is 2.45. The number of aliphatic carboxylic acids is 1. The number of likely N-dealkylation sites (tertiary alicyclic amines) is 1. The van der Waals surface area contributed by atoms with Gasteiger partial charge in [-0.05, 0) is 39.2 Å². The van der Waals surface area contributed by atoms with Crippen molar-refractivity contribution < 1.29 is 14.6 Å². The largest absolute Gasteiger partial charge is 0.481 e. The molecule has 2 heterocycles. The molecule has 1 N–H and O–H groups in total. The molecule has 0 bridgehead atoms. The summed E-state index contributed by atoms with van der Waals surface area (Å²) < 4.78 is 5.55. The lowest BCUT2D eigenvalue weighted by Gasteiger charge is -2.35. The quantitative estimate of drug-likeness (QED) is 0.817. The van der Waals surface area contributed by atoms with Gasteiger partial charge in [0.15, 0.2) is 0 Å². The first-order valence-corrected chi connectivity index (χ1v) is 6.66. The SMILES string of the molecule is CCC1(C(=O)O)CCN(C2CCOC(C)C2)C1. The van der Waals surface area contributed by atoms with Crippen LogP contribution in [-0.4, -0.2) is 47.8 Å². The van der Waals surface area contributed by atoms with Crippen molar-refractivity contribution in [3.05, 3.63) is 0 Å². The molecule has 2 aliphatic rings. The second kappa shape index (κ2) is 4.94. The molecule has 0 radical (unpaired) electrons. The Balaban J connectivity index is 1.99. The topological polar surface area (TPSA) is 49.8 Å². The Kier molecular flexibility index (Phi) is 3.73. The maximum Gasteiger partial charge on any atom is 0.310 e. The molecule has 2 aliphatic heterocycles. The molecule has 0 aliphatic carbocycles. The third kappa shape index (κ3) is 2.47. The van der Waals surface area contributed by atoms with E-state index in [0.29, 0.717) is 12.1 Å². The fourth-order valence-corrected chi connectivity index (χ4v) is 3.14. The van der Waals surface area contributed by atoms with E-state index < -0.39 is 11.4 Å². The molecule has 2 fully saturated rings. The normalized spacial score (nSPS) is 39.4. The Morgan fingerprint density at radius 2 is 2.35 bits per heavy atom. The first kappa shape index (κ1) is 12.8. The summed E-state index contributed by atoms with van der Waals surface area (Å²) in [5, 5.41) is 9.38. The van der Waals surface area contributed by atoms with Crippen LogP contribution in [0.25, 0.3) is 0 Å². The first-order chi connectivity index (χ1) is 8.07. The Morgan fingerprint density at radius 1 is 1.59 bits per heavy atom. The van der Waals surface area contributed by atoms with Gasteiger partial charge in [-0.25, -0.2) is 0 Å². The van der Waals surface area contributed by atoms with Gasteiger partial charge in [0, 0.05) is 19.2 Å². The van der Waals surface area contributed by atoms with Crippen LogP contribution in [0.3, 0.4) is 0 Å². The summed E-state index contributed by atoms with van der Waals surface area (Å²) in [6.45, 7) is 6.55. The molecule has 0 amide bonds. The van der Waals surface area contributed by atoms with E-state index in [9.17, 15) is 9.90 Å². The van der Waals surface area contributed by atoms with Crippen LogP contribution in [-0.2, 0) is 9.53 Å². The lowest BCUT2D eigenvalue weighted by molar-refractivity contribution is -0.148. The van der Waals surface area contributed by atoms with Gasteiger partial charge in [-0.15, -0.1) is 0 Å². The maximum absolute atomic E-state index is 11.4. The van der Waals surface area contributed by atoms with Crippen LogP contribution in [0, 0.1) is 5.41 Å². The zero-order valence-electron chi connectivity index (χ0n) is 10.8. The second-order valence-corrected chi connectivity index (χ2v) is 5.52.